The number of methoxy groups -OCH3 is 1. The predicted molar refractivity (Wildman–Crippen MR) is 118 cm³/mol. The van der Waals surface area contributed by atoms with Crippen LogP contribution in [0.4, 0.5) is 4.79 Å². The molecule has 31 heavy (non-hydrogen) atoms. The maximum absolute atomic E-state index is 13.3. The fourth-order valence-electron chi connectivity index (χ4n) is 3.96. The number of aryl methyl sites for hydroxylation is 2. The van der Waals surface area contributed by atoms with E-state index in [1.165, 1.54) is 0 Å². The SMILES string of the molecule is COc1ccc2cc([C@@]3(C)NC(=O)N(CC(=O)c4cc(C)ccc4C)C3=O)ccc2c1. The molecule has 0 bridgehead atoms. The molecule has 6 heteroatoms. The van der Waals surface area contributed by atoms with Gasteiger partial charge in [0, 0.05) is 5.56 Å². The molecule has 0 aromatic heterocycles. The highest BCUT2D eigenvalue weighted by Crippen LogP contribution is 2.32. The molecule has 1 aliphatic heterocycles. The molecule has 3 aromatic rings. The molecular formula is C25H24N2O4. The van der Waals surface area contributed by atoms with Gasteiger partial charge in [-0.25, -0.2) is 4.79 Å². The lowest BCUT2D eigenvalue weighted by molar-refractivity contribution is -0.130. The maximum atomic E-state index is 13.3. The lowest BCUT2D eigenvalue weighted by Gasteiger charge is -2.23. The number of hydrogen-bond acceptors (Lipinski definition) is 4. The summed E-state index contributed by atoms with van der Waals surface area (Å²) in [5.74, 6) is 0.0383. The van der Waals surface area contributed by atoms with E-state index in [0.29, 0.717) is 11.1 Å². The number of nitrogens with one attached hydrogen (secondary N) is 1. The van der Waals surface area contributed by atoms with Crippen molar-refractivity contribution in [3.63, 3.8) is 0 Å². The van der Waals surface area contributed by atoms with E-state index in [-0.39, 0.29) is 12.3 Å². The van der Waals surface area contributed by atoms with Gasteiger partial charge in [-0.2, -0.15) is 0 Å². The number of hydrogen-bond donors (Lipinski definition) is 1. The van der Waals surface area contributed by atoms with E-state index < -0.39 is 17.5 Å². The molecule has 0 saturated carbocycles. The van der Waals surface area contributed by atoms with Gasteiger partial charge in [-0.15, -0.1) is 0 Å². The Hall–Kier alpha value is -3.67. The highest BCUT2D eigenvalue weighted by Gasteiger charge is 2.49. The Bertz CT molecular complexity index is 1230. The van der Waals surface area contributed by atoms with Crippen molar-refractivity contribution in [3.8, 4) is 5.75 Å². The van der Waals surface area contributed by atoms with Crippen LogP contribution in [0.3, 0.4) is 0 Å². The number of imide groups is 1. The molecule has 1 atom stereocenters. The molecule has 3 amide bonds. The molecule has 1 N–H and O–H groups in total. The number of Topliss-reactive ketones (excluding diaryl/α,β-unsaturated/α-hetero) is 1. The van der Waals surface area contributed by atoms with Gasteiger partial charge in [0.25, 0.3) is 5.91 Å². The van der Waals surface area contributed by atoms with Crippen LogP contribution in [0.15, 0.2) is 54.6 Å². The average Bonchev–Trinajstić information content (AvgIpc) is 2.98. The first kappa shape index (κ1) is 20.6. The van der Waals surface area contributed by atoms with Crippen molar-refractivity contribution in [2.45, 2.75) is 26.3 Å². The van der Waals surface area contributed by atoms with Crippen LogP contribution in [0.2, 0.25) is 0 Å². The molecular weight excluding hydrogens is 392 g/mol. The number of carbonyl (C=O) groups is 3. The van der Waals surface area contributed by atoms with Crippen LogP contribution in [0, 0.1) is 13.8 Å². The zero-order chi connectivity index (χ0) is 22.3. The molecule has 6 nitrogen and oxygen atoms in total. The fraction of sp³-hybridized carbons (Fsp3) is 0.240. The van der Waals surface area contributed by atoms with Crippen molar-refractivity contribution < 1.29 is 19.1 Å². The standard InChI is InChI=1S/C25H24N2O4/c1-15-5-6-16(2)21(11-15)22(28)14-27-23(29)25(3,26-24(27)30)19-9-7-18-13-20(31-4)10-8-17(18)12-19/h5-13H,14H2,1-4H3,(H,26,30)/t25-/m1/s1. The summed E-state index contributed by atoms with van der Waals surface area (Å²) in [6.07, 6.45) is 0. The van der Waals surface area contributed by atoms with Crippen LogP contribution in [0.25, 0.3) is 10.8 Å². The second-order valence-corrected chi connectivity index (χ2v) is 8.12. The summed E-state index contributed by atoms with van der Waals surface area (Å²) in [4.78, 5) is 39.8. The third kappa shape index (κ3) is 3.54. The Kier molecular flexibility index (Phi) is 5.01. The maximum Gasteiger partial charge on any atom is 0.325 e. The molecule has 0 radical (unpaired) electrons. The molecule has 4 rings (SSSR count). The summed E-state index contributed by atoms with van der Waals surface area (Å²) in [5, 5.41) is 4.66. The van der Waals surface area contributed by atoms with Gasteiger partial charge in [-0.1, -0.05) is 35.9 Å². The Labute approximate surface area is 180 Å². The molecule has 0 aliphatic carbocycles. The van der Waals surface area contributed by atoms with E-state index >= 15 is 0 Å². The predicted octanol–water partition coefficient (Wildman–Crippen LogP) is 4.12. The molecule has 0 unspecified atom stereocenters. The van der Waals surface area contributed by atoms with Crippen molar-refractivity contribution in [3.05, 3.63) is 76.9 Å². The molecule has 3 aromatic carbocycles. The second kappa shape index (κ2) is 7.54. The minimum absolute atomic E-state index is 0.264. The van der Waals surface area contributed by atoms with Gasteiger partial charge >= 0.3 is 6.03 Å². The Morgan fingerprint density at radius 1 is 1.00 bits per heavy atom. The minimum Gasteiger partial charge on any atom is -0.497 e. The van der Waals surface area contributed by atoms with Gasteiger partial charge in [-0.05, 0) is 66.9 Å². The zero-order valence-electron chi connectivity index (χ0n) is 18.0. The number of ketones is 1. The van der Waals surface area contributed by atoms with Crippen LogP contribution in [-0.2, 0) is 10.3 Å². The topological polar surface area (TPSA) is 75.7 Å². The van der Waals surface area contributed by atoms with Gasteiger partial charge in [0.1, 0.15) is 11.3 Å². The quantitative estimate of drug-likeness (QED) is 0.502. The third-order valence-electron chi connectivity index (χ3n) is 5.89. The first-order chi connectivity index (χ1) is 14.7. The lowest BCUT2D eigenvalue weighted by atomic mass is 9.90. The monoisotopic (exact) mass is 416 g/mol. The Balaban J connectivity index is 1.63. The van der Waals surface area contributed by atoms with Crippen molar-refractivity contribution in [1.29, 1.82) is 0 Å². The Morgan fingerprint density at radius 2 is 1.71 bits per heavy atom. The molecule has 1 aliphatic rings. The summed E-state index contributed by atoms with van der Waals surface area (Å²) in [6.45, 7) is 5.11. The van der Waals surface area contributed by atoms with E-state index in [4.69, 9.17) is 4.74 Å². The van der Waals surface area contributed by atoms with E-state index in [0.717, 1.165) is 32.5 Å². The van der Waals surface area contributed by atoms with Gasteiger partial charge in [0.2, 0.25) is 0 Å². The minimum atomic E-state index is -1.24. The average molecular weight is 416 g/mol. The number of fused-ring (bicyclic) bond motifs is 1. The highest BCUT2D eigenvalue weighted by atomic mass is 16.5. The van der Waals surface area contributed by atoms with Crippen molar-refractivity contribution >= 4 is 28.5 Å². The van der Waals surface area contributed by atoms with Crippen molar-refractivity contribution in [2.24, 2.45) is 0 Å². The Morgan fingerprint density at radius 3 is 2.45 bits per heavy atom. The first-order valence-corrected chi connectivity index (χ1v) is 10.1. The van der Waals surface area contributed by atoms with E-state index in [9.17, 15) is 14.4 Å². The van der Waals surface area contributed by atoms with Gasteiger partial charge in [-0.3, -0.25) is 14.5 Å². The molecule has 1 fully saturated rings. The number of benzene rings is 3. The van der Waals surface area contributed by atoms with Crippen LogP contribution in [-0.4, -0.2) is 36.3 Å². The first-order valence-electron chi connectivity index (χ1n) is 10.1. The normalized spacial score (nSPS) is 18.4. The molecule has 1 heterocycles. The summed E-state index contributed by atoms with van der Waals surface area (Å²) in [6, 6.07) is 16.2. The van der Waals surface area contributed by atoms with Gasteiger partial charge < -0.3 is 10.1 Å². The van der Waals surface area contributed by atoms with Gasteiger partial charge in [0.15, 0.2) is 5.78 Å². The fourth-order valence-corrected chi connectivity index (χ4v) is 3.96. The van der Waals surface area contributed by atoms with E-state index in [1.54, 1.807) is 20.1 Å². The van der Waals surface area contributed by atoms with Crippen LogP contribution in [0.1, 0.15) is 34.0 Å². The number of rotatable bonds is 5. The summed E-state index contributed by atoms with van der Waals surface area (Å²) in [7, 11) is 1.61. The van der Waals surface area contributed by atoms with Crippen LogP contribution in [0.5, 0.6) is 5.75 Å². The largest absolute Gasteiger partial charge is 0.497 e. The summed E-state index contributed by atoms with van der Waals surface area (Å²) in [5.41, 5.74) is 1.70. The van der Waals surface area contributed by atoms with Crippen molar-refractivity contribution in [1.82, 2.24) is 10.2 Å². The smallest absolute Gasteiger partial charge is 0.325 e. The van der Waals surface area contributed by atoms with Crippen LogP contribution >= 0.6 is 0 Å². The summed E-state index contributed by atoms with van der Waals surface area (Å²) < 4.78 is 5.26. The number of amides is 3. The number of ether oxygens (including phenoxy) is 1. The zero-order valence-corrected chi connectivity index (χ0v) is 18.0. The molecule has 0 spiro atoms. The number of carbonyl (C=O) groups excluding carboxylic acids is 3. The third-order valence-corrected chi connectivity index (χ3v) is 5.89. The van der Waals surface area contributed by atoms with E-state index in [1.807, 2.05) is 62.4 Å². The lowest BCUT2D eigenvalue weighted by Crippen LogP contribution is -2.41. The molecule has 158 valence electrons. The van der Waals surface area contributed by atoms with Crippen molar-refractivity contribution in [2.75, 3.05) is 13.7 Å². The van der Waals surface area contributed by atoms with Gasteiger partial charge in [0.05, 0.1) is 13.7 Å². The number of nitrogens with zero attached hydrogens (tertiary/aromatic N) is 1. The summed E-state index contributed by atoms with van der Waals surface area (Å²) >= 11 is 0. The second-order valence-electron chi connectivity index (χ2n) is 8.12. The van der Waals surface area contributed by atoms with Crippen LogP contribution < -0.4 is 10.1 Å². The number of urea groups is 1. The highest BCUT2D eigenvalue weighted by molar-refractivity contribution is 6.11. The van der Waals surface area contributed by atoms with E-state index in [2.05, 4.69) is 5.32 Å². The molecule has 1 saturated heterocycles.